The van der Waals surface area contributed by atoms with Crippen molar-refractivity contribution in [2.75, 3.05) is 19.8 Å². The molecule has 0 fully saturated rings. The summed E-state index contributed by atoms with van der Waals surface area (Å²) in [6.07, 6.45) is 1.67. The highest BCUT2D eigenvalue weighted by molar-refractivity contribution is 9.10. The third kappa shape index (κ3) is 13.6. The molecular weight excluding hydrogens is 526 g/mol. The van der Waals surface area contributed by atoms with Crippen LogP contribution in [0.3, 0.4) is 0 Å². The predicted molar refractivity (Wildman–Crippen MR) is 142 cm³/mol. The predicted octanol–water partition coefficient (Wildman–Crippen LogP) is 7.71. The van der Waals surface area contributed by atoms with Crippen LogP contribution in [0.25, 0.3) is 10.9 Å². The van der Waals surface area contributed by atoms with E-state index < -0.39 is 22.8 Å². The molecule has 0 amide bonds. The maximum Gasteiger partial charge on any atom is 0.387 e. The van der Waals surface area contributed by atoms with E-state index in [1.54, 1.807) is 23.0 Å². The van der Waals surface area contributed by atoms with Gasteiger partial charge in [0.05, 0.1) is 16.2 Å². The SMILES string of the molecule is CC(C)COCC[Si](C)(C)C.C[Si](C)(C)CCOCn1ncc2cc(Br)c(OC(F)F)cc21. The Kier molecular flexibility index (Phi) is 12.7. The van der Waals surface area contributed by atoms with Crippen molar-refractivity contribution in [2.45, 2.75) is 78.6 Å². The second-order valence-electron chi connectivity index (χ2n) is 11.0. The van der Waals surface area contributed by atoms with Crippen molar-refractivity contribution in [1.82, 2.24) is 9.78 Å². The zero-order chi connectivity index (χ0) is 25.2. The average molecular weight is 568 g/mol. The highest BCUT2D eigenvalue weighted by Crippen LogP contribution is 2.31. The van der Waals surface area contributed by atoms with Gasteiger partial charge in [0.2, 0.25) is 0 Å². The Morgan fingerprint density at radius 3 is 2.06 bits per heavy atom. The summed E-state index contributed by atoms with van der Waals surface area (Å²) < 4.78 is 42.6. The Balaban J connectivity index is 0.000000420. The van der Waals surface area contributed by atoms with E-state index in [2.05, 4.69) is 78.9 Å². The molecule has 2 rings (SSSR count). The number of benzene rings is 1. The lowest BCUT2D eigenvalue weighted by Crippen LogP contribution is -2.22. The van der Waals surface area contributed by atoms with Gasteiger partial charge in [-0.3, -0.25) is 0 Å². The highest BCUT2D eigenvalue weighted by atomic mass is 79.9. The van der Waals surface area contributed by atoms with Gasteiger partial charge in [-0.25, -0.2) is 4.68 Å². The molecule has 2 aromatic rings. The molecule has 1 heterocycles. The van der Waals surface area contributed by atoms with E-state index in [1.807, 2.05) is 0 Å². The van der Waals surface area contributed by atoms with Gasteiger partial charge in [-0.1, -0.05) is 53.1 Å². The molecule has 0 bridgehead atoms. The summed E-state index contributed by atoms with van der Waals surface area (Å²) in [4.78, 5) is 0. The minimum absolute atomic E-state index is 0.0892. The molecule has 1 aromatic carbocycles. The van der Waals surface area contributed by atoms with E-state index in [0.29, 0.717) is 29.2 Å². The van der Waals surface area contributed by atoms with E-state index in [-0.39, 0.29) is 5.75 Å². The summed E-state index contributed by atoms with van der Waals surface area (Å²) in [5.74, 6) is 0.767. The van der Waals surface area contributed by atoms with Crippen LogP contribution in [0, 0.1) is 5.92 Å². The van der Waals surface area contributed by atoms with Gasteiger partial charge in [-0.2, -0.15) is 13.9 Å². The maximum atomic E-state index is 12.4. The summed E-state index contributed by atoms with van der Waals surface area (Å²) in [6, 6.07) is 5.61. The van der Waals surface area contributed by atoms with Gasteiger partial charge in [0.15, 0.2) is 0 Å². The van der Waals surface area contributed by atoms with Crippen LogP contribution < -0.4 is 4.74 Å². The molecule has 0 aliphatic heterocycles. The van der Waals surface area contributed by atoms with Crippen molar-refractivity contribution in [3.63, 3.8) is 0 Å². The van der Waals surface area contributed by atoms with Crippen molar-refractivity contribution in [3.8, 4) is 5.75 Å². The zero-order valence-corrected chi connectivity index (χ0v) is 25.0. The molecule has 0 aliphatic carbocycles. The third-order valence-electron chi connectivity index (χ3n) is 4.57. The Bertz CT molecular complexity index is 837. The van der Waals surface area contributed by atoms with Gasteiger partial charge in [0.25, 0.3) is 0 Å². The Morgan fingerprint density at radius 1 is 0.970 bits per heavy atom. The molecule has 1 aromatic heterocycles. The monoisotopic (exact) mass is 566 g/mol. The lowest BCUT2D eigenvalue weighted by atomic mass is 10.2. The topological polar surface area (TPSA) is 45.5 Å². The molecule has 0 saturated heterocycles. The molecule has 0 radical (unpaired) electrons. The van der Waals surface area contributed by atoms with Crippen LogP contribution in [-0.2, 0) is 16.2 Å². The van der Waals surface area contributed by atoms with E-state index in [1.165, 1.54) is 6.04 Å². The van der Waals surface area contributed by atoms with Gasteiger partial charge in [0, 0.05) is 47.4 Å². The molecule has 0 aliphatic rings. The van der Waals surface area contributed by atoms with E-state index in [9.17, 15) is 8.78 Å². The van der Waals surface area contributed by atoms with Crippen LogP contribution in [0.1, 0.15) is 13.8 Å². The molecule has 0 N–H and O–H groups in total. The van der Waals surface area contributed by atoms with Crippen molar-refractivity contribution in [3.05, 3.63) is 22.8 Å². The molecular formula is C23H41BrF2N2O3Si2. The summed E-state index contributed by atoms with van der Waals surface area (Å²) in [5, 5.41) is 5.07. The number of hydrogen-bond donors (Lipinski definition) is 0. The van der Waals surface area contributed by atoms with Crippen LogP contribution in [-0.4, -0.2) is 52.4 Å². The molecule has 0 spiro atoms. The van der Waals surface area contributed by atoms with Gasteiger partial charge in [0.1, 0.15) is 12.5 Å². The van der Waals surface area contributed by atoms with Gasteiger partial charge in [-0.05, 0) is 40.0 Å². The average Bonchev–Trinajstić information content (AvgIpc) is 3.03. The second kappa shape index (κ2) is 13.9. The first-order valence-electron chi connectivity index (χ1n) is 11.4. The minimum atomic E-state index is -2.86. The Labute approximate surface area is 208 Å². The fourth-order valence-electron chi connectivity index (χ4n) is 2.60. The van der Waals surface area contributed by atoms with Crippen molar-refractivity contribution < 1.29 is 23.0 Å². The number of hydrogen-bond acceptors (Lipinski definition) is 4. The van der Waals surface area contributed by atoms with Crippen LogP contribution in [0.15, 0.2) is 22.8 Å². The second-order valence-corrected chi connectivity index (χ2v) is 23.1. The molecule has 33 heavy (non-hydrogen) atoms. The molecule has 0 atom stereocenters. The zero-order valence-electron chi connectivity index (χ0n) is 21.4. The maximum absolute atomic E-state index is 12.4. The van der Waals surface area contributed by atoms with Crippen LogP contribution in [0.4, 0.5) is 8.78 Å². The molecule has 0 unspecified atom stereocenters. The van der Waals surface area contributed by atoms with Gasteiger partial charge >= 0.3 is 6.61 Å². The van der Waals surface area contributed by atoms with Gasteiger partial charge < -0.3 is 14.2 Å². The number of halogens is 3. The Morgan fingerprint density at radius 2 is 1.55 bits per heavy atom. The summed E-state index contributed by atoms with van der Waals surface area (Å²) in [6.45, 7) is 18.4. The number of rotatable bonds is 12. The lowest BCUT2D eigenvalue weighted by Gasteiger charge is -2.15. The third-order valence-corrected chi connectivity index (χ3v) is 8.60. The van der Waals surface area contributed by atoms with Crippen molar-refractivity contribution in [1.29, 1.82) is 0 Å². The standard InChI is InChI=1S/C14H19BrF2N2O2Si.C9H22OSi/c1-22(2,3)5-4-20-9-19-12-7-13(21-14(16)17)11(15)6-10(12)8-18-19;1-9(2)8-10-6-7-11(3,4)5/h6-8,14H,4-5,9H2,1-3H3;9H,6-8H2,1-5H3. The number of ether oxygens (including phenoxy) is 3. The van der Waals surface area contributed by atoms with Gasteiger partial charge in [-0.15, -0.1) is 0 Å². The summed E-state index contributed by atoms with van der Waals surface area (Å²) in [5.41, 5.74) is 0.701. The van der Waals surface area contributed by atoms with Crippen molar-refractivity contribution >= 4 is 43.0 Å². The fourth-order valence-corrected chi connectivity index (χ4v) is 4.56. The van der Waals surface area contributed by atoms with E-state index in [0.717, 1.165) is 24.6 Å². The van der Waals surface area contributed by atoms with E-state index in [4.69, 9.17) is 9.47 Å². The summed E-state index contributed by atoms with van der Waals surface area (Å²) >= 11 is 3.22. The molecule has 5 nitrogen and oxygen atoms in total. The van der Waals surface area contributed by atoms with Crippen molar-refractivity contribution in [2.24, 2.45) is 5.92 Å². The number of fused-ring (bicyclic) bond motifs is 1. The van der Waals surface area contributed by atoms with Crippen LogP contribution in [0.2, 0.25) is 51.4 Å². The van der Waals surface area contributed by atoms with Crippen LogP contribution in [0.5, 0.6) is 5.75 Å². The van der Waals surface area contributed by atoms with E-state index >= 15 is 0 Å². The number of nitrogens with zero attached hydrogens (tertiary/aromatic N) is 2. The number of aromatic nitrogens is 2. The molecule has 10 heteroatoms. The minimum Gasteiger partial charge on any atom is -0.434 e. The fraction of sp³-hybridized carbons (Fsp3) is 0.696. The van der Waals surface area contributed by atoms with Crippen LogP contribution >= 0.6 is 15.9 Å². The quantitative estimate of drug-likeness (QED) is 0.195. The molecule has 0 saturated carbocycles. The Hall–Kier alpha value is -0.816. The summed E-state index contributed by atoms with van der Waals surface area (Å²) in [7, 11) is -1.99. The number of alkyl halides is 2. The highest BCUT2D eigenvalue weighted by Gasteiger charge is 2.14. The first kappa shape index (κ1) is 30.2. The lowest BCUT2D eigenvalue weighted by molar-refractivity contribution is -0.0502. The normalized spacial score (nSPS) is 12.4. The molecule has 190 valence electrons. The first-order chi connectivity index (χ1) is 15.2. The first-order valence-corrected chi connectivity index (χ1v) is 19.6. The smallest absolute Gasteiger partial charge is 0.387 e. The largest absolute Gasteiger partial charge is 0.434 e.